The lowest BCUT2D eigenvalue weighted by atomic mass is 10.0. The third-order valence-electron chi connectivity index (χ3n) is 4.53. The summed E-state index contributed by atoms with van der Waals surface area (Å²) in [7, 11) is 0. The third-order valence-corrected chi connectivity index (χ3v) is 4.53. The fraction of sp³-hybridized carbons (Fsp3) is 0.474. The predicted molar refractivity (Wildman–Crippen MR) is 89.7 cm³/mol. The number of benzene rings is 1. The van der Waals surface area contributed by atoms with Crippen LogP contribution in [0.1, 0.15) is 51.3 Å². The minimum absolute atomic E-state index is 0.0370. The quantitative estimate of drug-likeness (QED) is 0.827. The van der Waals surface area contributed by atoms with Crippen molar-refractivity contribution in [3.05, 3.63) is 41.9 Å². The van der Waals surface area contributed by atoms with Gasteiger partial charge in [-0.05, 0) is 37.1 Å². The Morgan fingerprint density at radius 3 is 2.71 bits per heavy atom. The smallest absolute Gasteiger partial charge is 0.225 e. The number of carbonyl (C=O) groups excluding carboxylic acids is 1. The Hall–Kier alpha value is -2.17. The minimum Gasteiger partial charge on any atom is -0.359 e. The van der Waals surface area contributed by atoms with Gasteiger partial charge in [-0.3, -0.25) is 4.79 Å². The summed E-state index contributed by atoms with van der Waals surface area (Å²) in [5.41, 5.74) is 1.48. The molecule has 1 aliphatic heterocycles. The van der Waals surface area contributed by atoms with Gasteiger partial charge >= 0.3 is 0 Å². The molecule has 1 saturated heterocycles. The molecule has 0 saturated carbocycles. The summed E-state index contributed by atoms with van der Waals surface area (Å²) in [5, 5.41) is 4.13. The van der Waals surface area contributed by atoms with Crippen molar-refractivity contribution in [3.63, 3.8) is 0 Å². The second-order valence-corrected chi connectivity index (χ2v) is 6.67. The normalized spacial score (nSPS) is 18.7. The van der Waals surface area contributed by atoms with Gasteiger partial charge in [-0.2, -0.15) is 0 Å². The number of rotatable bonds is 3. The van der Waals surface area contributed by atoms with E-state index in [9.17, 15) is 9.18 Å². The van der Waals surface area contributed by atoms with E-state index in [1.807, 2.05) is 24.8 Å². The average molecular weight is 330 g/mol. The lowest BCUT2D eigenvalue weighted by molar-refractivity contribution is -0.137. The van der Waals surface area contributed by atoms with Gasteiger partial charge in [0.25, 0.3) is 0 Å². The molecule has 0 bridgehead atoms. The molecule has 0 unspecified atom stereocenters. The molecule has 1 aliphatic rings. The minimum atomic E-state index is -0.278. The SMILES string of the molecule is CC(C)C(=O)N1CCCCC[C@H]1c1cc(-c2ccc(F)cc2)no1. The molecule has 0 spiro atoms. The molecule has 1 amide bonds. The highest BCUT2D eigenvalue weighted by molar-refractivity contribution is 5.78. The highest BCUT2D eigenvalue weighted by Gasteiger charge is 2.30. The molecule has 1 fully saturated rings. The monoisotopic (exact) mass is 330 g/mol. The molecule has 3 rings (SSSR count). The van der Waals surface area contributed by atoms with Gasteiger partial charge in [0.15, 0.2) is 5.76 Å². The molecular formula is C19H23FN2O2. The Kier molecular flexibility index (Phi) is 4.97. The van der Waals surface area contributed by atoms with Crippen LogP contribution in [0, 0.1) is 11.7 Å². The van der Waals surface area contributed by atoms with Crippen molar-refractivity contribution in [2.24, 2.45) is 5.92 Å². The number of halogens is 1. The van der Waals surface area contributed by atoms with Crippen molar-refractivity contribution in [1.29, 1.82) is 0 Å². The summed E-state index contributed by atoms with van der Waals surface area (Å²) in [6.45, 7) is 4.61. The van der Waals surface area contributed by atoms with Crippen LogP contribution in [0.15, 0.2) is 34.9 Å². The molecule has 24 heavy (non-hydrogen) atoms. The Morgan fingerprint density at radius 1 is 1.25 bits per heavy atom. The maximum atomic E-state index is 13.1. The number of nitrogens with zero attached hydrogens (tertiary/aromatic N) is 2. The molecular weight excluding hydrogens is 307 g/mol. The van der Waals surface area contributed by atoms with E-state index in [2.05, 4.69) is 5.16 Å². The van der Waals surface area contributed by atoms with E-state index in [-0.39, 0.29) is 23.7 Å². The molecule has 1 aromatic heterocycles. The number of carbonyl (C=O) groups is 1. The Balaban J connectivity index is 1.88. The van der Waals surface area contributed by atoms with Gasteiger partial charge in [0.2, 0.25) is 5.91 Å². The third kappa shape index (κ3) is 3.50. The van der Waals surface area contributed by atoms with Crippen LogP contribution < -0.4 is 0 Å². The number of amides is 1. The zero-order chi connectivity index (χ0) is 17.1. The lowest BCUT2D eigenvalue weighted by Gasteiger charge is -2.29. The first kappa shape index (κ1) is 16.7. The van der Waals surface area contributed by atoms with Crippen LogP contribution in [0.4, 0.5) is 4.39 Å². The molecule has 0 radical (unpaired) electrons. The Morgan fingerprint density at radius 2 is 2.00 bits per heavy atom. The van der Waals surface area contributed by atoms with Crippen LogP contribution in [-0.4, -0.2) is 22.5 Å². The maximum absolute atomic E-state index is 13.1. The van der Waals surface area contributed by atoms with Gasteiger partial charge in [-0.1, -0.05) is 31.8 Å². The van der Waals surface area contributed by atoms with Gasteiger partial charge in [-0.15, -0.1) is 0 Å². The molecule has 1 atom stereocenters. The first-order valence-electron chi connectivity index (χ1n) is 8.59. The molecule has 2 aromatic rings. The lowest BCUT2D eigenvalue weighted by Crippen LogP contribution is -2.37. The van der Waals surface area contributed by atoms with E-state index in [1.165, 1.54) is 12.1 Å². The van der Waals surface area contributed by atoms with E-state index in [0.29, 0.717) is 11.5 Å². The largest absolute Gasteiger partial charge is 0.359 e. The predicted octanol–water partition coefficient (Wildman–Crippen LogP) is 4.58. The van der Waals surface area contributed by atoms with Crippen molar-refractivity contribution in [2.45, 2.75) is 45.6 Å². The first-order chi connectivity index (χ1) is 11.6. The number of hydrogen-bond acceptors (Lipinski definition) is 3. The highest BCUT2D eigenvalue weighted by Crippen LogP contribution is 2.33. The molecule has 128 valence electrons. The second kappa shape index (κ2) is 7.16. The topological polar surface area (TPSA) is 46.3 Å². The van der Waals surface area contributed by atoms with E-state index >= 15 is 0 Å². The number of likely N-dealkylation sites (tertiary alicyclic amines) is 1. The van der Waals surface area contributed by atoms with Crippen LogP contribution in [0.5, 0.6) is 0 Å². The first-order valence-corrected chi connectivity index (χ1v) is 8.59. The highest BCUT2D eigenvalue weighted by atomic mass is 19.1. The molecule has 1 aromatic carbocycles. The van der Waals surface area contributed by atoms with E-state index < -0.39 is 0 Å². The van der Waals surface area contributed by atoms with Crippen LogP contribution in [0.2, 0.25) is 0 Å². The summed E-state index contributed by atoms with van der Waals surface area (Å²) in [5.74, 6) is 0.553. The van der Waals surface area contributed by atoms with Gasteiger partial charge in [0.05, 0.1) is 6.04 Å². The van der Waals surface area contributed by atoms with E-state index in [0.717, 1.165) is 37.8 Å². The van der Waals surface area contributed by atoms with Gasteiger partial charge in [0, 0.05) is 24.1 Å². The standard InChI is InChI=1S/C19H23FN2O2/c1-13(2)19(23)22-11-5-3-4-6-17(22)18-12-16(21-24-18)14-7-9-15(20)10-8-14/h7-10,12-13,17H,3-6,11H2,1-2H3/t17-/m0/s1. The second-order valence-electron chi connectivity index (χ2n) is 6.67. The fourth-order valence-electron chi connectivity index (χ4n) is 3.20. The molecule has 0 aliphatic carbocycles. The number of hydrogen-bond donors (Lipinski definition) is 0. The van der Waals surface area contributed by atoms with Crippen LogP contribution in [0.25, 0.3) is 11.3 Å². The van der Waals surface area contributed by atoms with Crippen LogP contribution in [0.3, 0.4) is 0 Å². The average Bonchev–Trinajstić information content (AvgIpc) is 2.92. The Bertz CT molecular complexity index is 694. The van der Waals surface area contributed by atoms with Crippen molar-refractivity contribution in [3.8, 4) is 11.3 Å². The summed E-state index contributed by atoms with van der Waals surface area (Å²) in [6, 6.07) is 7.99. The van der Waals surface area contributed by atoms with Crippen LogP contribution in [-0.2, 0) is 4.79 Å². The zero-order valence-corrected chi connectivity index (χ0v) is 14.2. The van der Waals surface area contributed by atoms with Crippen LogP contribution >= 0.6 is 0 Å². The number of aromatic nitrogens is 1. The summed E-state index contributed by atoms with van der Waals surface area (Å²) in [6.07, 6.45) is 4.10. The van der Waals surface area contributed by atoms with Crippen molar-refractivity contribution >= 4 is 5.91 Å². The summed E-state index contributed by atoms with van der Waals surface area (Å²) >= 11 is 0. The Labute approximate surface area is 141 Å². The summed E-state index contributed by atoms with van der Waals surface area (Å²) < 4.78 is 18.6. The van der Waals surface area contributed by atoms with Crippen molar-refractivity contribution in [1.82, 2.24) is 10.1 Å². The van der Waals surface area contributed by atoms with Gasteiger partial charge < -0.3 is 9.42 Å². The summed E-state index contributed by atoms with van der Waals surface area (Å²) in [4.78, 5) is 14.5. The van der Waals surface area contributed by atoms with E-state index in [4.69, 9.17) is 4.52 Å². The van der Waals surface area contributed by atoms with Crippen molar-refractivity contribution in [2.75, 3.05) is 6.54 Å². The molecule has 0 N–H and O–H groups in total. The van der Waals surface area contributed by atoms with Gasteiger partial charge in [0.1, 0.15) is 11.5 Å². The van der Waals surface area contributed by atoms with Gasteiger partial charge in [-0.25, -0.2) is 4.39 Å². The molecule has 2 heterocycles. The molecule has 5 heteroatoms. The van der Waals surface area contributed by atoms with Crippen molar-refractivity contribution < 1.29 is 13.7 Å². The fourth-order valence-corrected chi connectivity index (χ4v) is 3.20. The zero-order valence-electron chi connectivity index (χ0n) is 14.2. The maximum Gasteiger partial charge on any atom is 0.225 e. The van der Waals surface area contributed by atoms with E-state index in [1.54, 1.807) is 12.1 Å². The molecule has 4 nitrogen and oxygen atoms in total.